The molecule has 1 aliphatic heterocycles. The summed E-state index contributed by atoms with van der Waals surface area (Å²) in [5.74, 6) is 0. The van der Waals surface area contributed by atoms with Gasteiger partial charge in [-0.2, -0.15) is 0 Å². The first-order valence-corrected chi connectivity index (χ1v) is 9.08. The van der Waals surface area contributed by atoms with Crippen molar-refractivity contribution in [1.29, 1.82) is 0 Å². The standard InChI is InChI=1S/C17H28N2O3S/c1-12(10-14(20)15-6-5-9-23-15)18-13-7-8-19(11-13)16(21)22-17(2,3)4/h5-6,9,12-14,18,20H,7-8,10-11H2,1-4H3. The maximum absolute atomic E-state index is 12.1. The Hall–Kier alpha value is -1.11. The fourth-order valence-corrected chi connectivity index (χ4v) is 3.52. The number of aliphatic hydroxyl groups excluding tert-OH is 1. The number of aliphatic hydroxyl groups is 1. The van der Waals surface area contributed by atoms with Gasteiger partial charge in [0.05, 0.1) is 6.10 Å². The van der Waals surface area contributed by atoms with Crippen LogP contribution >= 0.6 is 11.3 Å². The molecule has 1 aliphatic rings. The quantitative estimate of drug-likeness (QED) is 0.864. The highest BCUT2D eigenvalue weighted by Gasteiger charge is 2.30. The van der Waals surface area contributed by atoms with Crippen LogP contribution in [0.5, 0.6) is 0 Å². The van der Waals surface area contributed by atoms with E-state index in [0.717, 1.165) is 11.3 Å². The van der Waals surface area contributed by atoms with E-state index in [1.807, 2.05) is 38.3 Å². The molecule has 0 radical (unpaired) electrons. The monoisotopic (exact) mass is 340 g/mol. The number of amides is 1. The van der Waals surface area contributed by atoms with E-state index in [0.29, 0.717) is 19.5 Å². The first-order valence-electron chi connectivity index (χ1n) is 8.20. The second kappa shape index (κ2) is 7.64. The Labute approximate surface area is 142 Å². The van der Waals surface area contributed by atoms with Crippen LogP contribution in [0.1, 0.15) is 51.5 Å². The Morgan fingerprint density at radius 2 is 2.30 bits per heavy atom. The summed E-state index contributed by atoms with van der Waals surface area (Å²) < 4.78 is 5.41. The summed E-state index contributed by atoms with van der Waals surface area (Å²) in [6.45, 7) is 9.09. The van der Waals surface area contributed by atoms with Gasteiger partial charge < -0.3 is 20.1 Å². The lowest BCUT2D eigenvalue weighted by atomic mass is 10.1. The molecule has 1 aromatic heterocycles. The fourth-order valence-electron chi connectivity index (χ4n) is 2.79. The maximum Gasteiger partial charge on any atom is 0.410 e. The zero-order valence-corrected chi connectivity index (χ0v) is 15.2. The van der Waals surface area contributed by atoms with Crippen LogP contribution in [0.4, 0.5) is 4.79 Å². The Kier molecular flexibility index (Phi) is 6.06. The minimum Gasteiger partial charge on any atom is -0.444 e. The molecule has 0 bridgehead atoms. The van der Waals surface area contributed by atoms with Crippen molar-refractivity contribution >= 4 is 17.4 Å². The van der Waals surface area contributed by atoms with E-state index in [-0.39, 0.29) is 18.2 Å². The van der Waals surface area contributed by atoms with Gasteiger partial charge in [0.15, 0.2) is 0 Å². The Morgan fingerprint density at radius 3 is 2.91 bits per heavy atom. The summed E-state index contributed by atoms with van der Waals surface area (Å²) in [5, 5.41) is 15.7. The molecular formula is C17H28N2O3S. The molecule has 1 amide bonds. The number of hydrogen-bond donors (Lipinski definition) is 2. The van der Waals surface area contributed by atoms with E-state index in [1.54, 1.807) is 16.2 Å². The van der Waals surface area contributed by atoms with E-state index in [9.17, 15) is 9.90 Å². The first-order chi connectivity index (χ1) is 10.7. The average molecular weight is 340 g/mol. The molecule has 6 heteroatoms. The highest BCUT2D eigenvalue weighted by molar-refractivity contribution is 7.10. The number of rotatable bonds is 5. The van der Waals surface area contributed by atoms with Crippen LogP contribution in [0, 0.1) is 0 Å². The molecule has 2 N–H and O–H groups in total. The van der Waals surface area contributed by atoms with Crippen molar-refractivity contribution < 1.29 is 14.6 Å². The number of carbonyl (C=O) groups excluding carboxylic acids is 1. The Balaban J connectivity index is 1.75. The Bertz CT molecular complexity index is 498. The van der Waals surface area contributed by atoms with Gasteiger partial charge in [-0.1, -0.05) is 6.07 Å². The van der Waals surface area contributed by atoms with E-state index >= 15 is 0 Å². The molecule has 5 nitrogen and oxygen atoms in total. The van der Waals surface area contributed by atoms with E-state index < -0.39 is 11.7 Å². The Morgan fingerprint density at radius 1 is 1.57 bits per heavy atom. The van der Waals surface area contributed by atoms with Gasteiger partial charge in [0.1, 0.15) is 5.60 Å². The third kappa shape index (κ3) is 5.79. The minimum atomic E-state index is -0.458. The van der Waals surface area contributed by atoms with Crippen molar-refractivity contribution in [2.45, 2.75) is 64.3 Å². The third-order valence-electron chi connectivity index (χ3n) is 3.81. The number of nitrogens with one attached hydrogen (secondary N) is 1. The summed E-state index contributed by atoms with van der Waals surface area (Å²) in [4.78, 5) is 14.8. The highest BCUT2D eigenvalue weighted by Crippen LogP contribution is 2.23. The van der Waals surface area contributed by atoms with E-state index in [1.165, 1.54) is 0 Å². The molecule has 0 spiro atoms. The smallest absolute Gasteiger partial charge is 0.410 e. The van der Waals surface area contributed by atoms with Gasteiger partial charge in [-0.3, -0.25) is 0 Å². The van der Waals surface area contributed by atoms with Crippen molar-refractivity contribution in [3.8, 4) is 0 Å². The number of likely N-dealkylation sites (tertiary alicyclic amines) is 1. The normalized spacial score (nSPS) is 21.3. The van der Waals surface area contributed by atoms with Crippen LogP contribution in [-0.4, -0.2) is 46.9 Å². The van der Waals surface area contributed by atoms with E-state index in [2.05, 4.69) is 12.2 Å². The molecule has 1 fully saturated rings. The molecule has 2 rings (SSSR count). The number of nitrogens with zero attached hydrogens (tertiary/aromatic N) is 1. The number of ether oxygens (including phenoxy) is 1. The largest absolute Gasteiger partial charge is 0.444 e. The zero-order chi connectivity index (χ0) is 17.0. The average Bonchev–Trinajstić information content (AvgIpc) is 3.07. The molecule has 1 aromatic rings. The van der Waals surface area contributed by atoms with Gasteiger partial charge in [0, 0.05) is 30.1 Å². The van der Waals surface area contributed by atoms with Crippen LogP contribution in [0.2, 0.25) is 0 Å². The van der Waals surface area contributed by atoms with Gasteiger partial charge in [-0.25, -0.2) is 4.79 Å². The van der Waals surface area contributed by atoms with Gasteiger partial charge in [-0.15, -0.1) is 11.3 Å². The maximum atomic E-state index is 12.1. The van der Waals surface area contributed by atoms with Crippen LogP contribution in [0.25, 0.3) is 0 Å². The van der Waals surface area contributed by atoms with Crippen molar-refractivity contribution in [3.63, 3.8) is 0 Å². The van der Waals surface area contributed by atoms with Gasteiger partial charge in [0.25, 0.3) is 0 Å². The molecule has 0 aromatic carbocycles. The number of carbonyl (C=O) groups is 1. The summed E-state index contributed by atoms with van der Waals surface area (Å²) >= 11 is 1.58. The number of thiophene rings is 1. The molecule has 3 atom stereocenters. The predicted octanol–water partition coefficient (Wildman–Crippen LogP) is 3.16. The van der Waals surface area contributed by atoms with Crippen LogP contribution in [0.15, 0.2) is 17.5 Å². The fraction of sp³-hybridized carbons (Fsp3) is 0.706. The molecule has 130 valence electrons. The summed E-state index contributed by atoms with van der Waals surface area (Å²) in [7, 11) is 0. The zero-order valence-electron chi connectivity index (χ0n) is 14.4. The molecule has 3 unspecified atom stereocenters. The molecule has 0 saturated carbocycles. The van der Waals surface area contributed by atoms with Crippen LogP contribution in [-0.2, 0) is 4.74 Å². The van der Waals surface area contributed by atoms with Gasteiger partial charge in [-0.05, 0) is 52.0 Å². The van der Waals surface area contributed by atoms with Crippen LogP contribution < -0.4 is 5.32 Å². The predicted molar refractivity (Wildman–Crippen MR) is 92.7 cm³/mol. The lowest BCUT2D eigenvalue weighted by molar-refractivity contribution is 0.0289. The van der Waals surface area contributed by atoms with Gasteiger partial charge in [0.2, 0.25) is 0 Å². The van der Waals surface area contributed by atoms with Crippen LogP contribution in [0.3, 0.4) is 0 Å². The van der Waals surface area contributed by atoms with Crippen molar-refractivity contribution in [2.24, 2.45) is 0 Å². The second-order valence-electron chi connectivity index (χ2n) is 7.25. The van der Waals surface area contributed by atoms with Crippen molar-refractivity contribution in [3.05, 3.63) is 22.4 Å². The molecular weight excluding hydrogens is 312 g/mol. The second-order valence-corrected chi connectivity index (χ2v) is 8.23. The SMILES string of the molecule is CC(CC(O)c1cccs1)NC1CCN(C(=O)OC(C)(C)C)C1. The lowest BCUT2D eigenvalue weighted by Crippen LogP contribution is -2.41. The highest BCUT2D eigenvalue weighted by atomic mass is 32.1. The van der Waals surface area contributed by atoms with E-state index in [4.69, 9.17) is 4.74 Å². The number of hydrogen-bond acceptors (Lipinski definition) is 5. The summed E-state index contributed by atoms with van der Waals surface area (Å²) in [5.41, 5.74) is -0.458. The van der Waals surface area contributed by atoms with Crippen molar-refractivity contribution in [2.75, 3.05) is 13.1 Å². The molecule has 0 aliphatic carbocycles. The summed E-state index contributed by atoms with van der Waals surface area (Å²) in [6.07, 6.45) is 0.913. The van der Waals surface area contributed by atoms with Crippen molar-refractivity contribution in [1.82, 2.24) is 10.2 Å². The van der Waals surface area contributed by atoms with Gasteiger partial charge >= 0.3 is 6.09 Å². The lowest BCUT2D eigenvalue weighted by Gasteiger charge is -2.25. The molecule has 1 saturated heterocycles. The minimum absolute atomic E-state index is 0.190. The summed E-state index contributed by atoms with van der Waals surface area (Å²) in [6, 6.07) is 4.36. The topological polar surface area (TPSA) is 61.8 Å². The first kappa shape index (κ1) is 18.2. The molecule has 23 heavy (non-hydrogen) atoms. The molecule has 2 heterocycles. The third-order valence-corrected chi connectivity index (χ3v) is 4.78.